The van der Waals surface area contributed by atoms with Gasteiger partial charge in [0.25, 0.3) is 0 Å². The first-order valence-corrected chi connectivity index (χ1v) is 7.66. The minimum Gasteiger partial charge on any atom is -0.493 e. The van der Waals surface area contributed by atoms with Crippen LogP contribution in [0.15, 0.2) is 28.1 Å². The highest BCUT2D eigenvalue weighted by Crippen LogP contribution is 2.30. The van der Waals surface area contributed by atoms with Crippen molar-refractivity contribution in [3.8, 4) is 11.5 Å². The number of halogens is 1. The molecular weight excluding hydrogens is 340 g/mol. The van der Waals surface area contributed by atoms with Crippen LogP contribution in [-0.2, 0) is 6.42 Å². The predicted molar refractivity (Wildman–Crippen MR) is 84.3 cm³/mol. The first kappa shape index (κ1) is 15.1. The Morgan fingerprint density at radius 3 is 2.45 bits per heavy atom. The molecule has 2 aromatic rings. The molecule has 0 atom stereocenters. The number of methoxy groups -OCH3 is 2. The standard InChI is InChI=1S/C15H15BrO3S/c1-9-11(8-15(16)20-9)12(17)6-10-4-5-13(18-2)14(7-10)19-3/h4-5,7-8H,6H2,1-3H3. The molecule has 1 heterocycles. The van der Waals surface area contributed by atoms with E-state index in [1.165, 1.54) is 0 Å². The lowest BCUT2D eigenvalue weighted by Crippen LogP contribution is -2.04. The second-order valence-corrected chi connectivity index (χ2v) is 6.95. The van der Waals surface area contributed by atoms with Crippen molar-refractivity contribution in [2.45, 2.75) is 13.3 Å². The minimum atomic E-state index is 0.108. The number of benzene rings is 1. The van der Waals surface area contributed by atoms with Crippen molar-refractivity contribution in [1.82, 2.24) is 0 Å². The third kappa shape index (κ3) is 3.22. The Balaban J connectivity index is 2.22. The fourth-order valence-electron chi connectivity index (χ4n) is 1.99. The van der Waals surface area contributed by atoms with E-state index in [0.717, 1.165) is 19.8 Å². The van der Waals surface area contributed by atoms with E-state index in [4.69, 9.17) is 9.47 Å². The highest BCUT2D eigenvalue weighted by molar-refractivity contribution is 9.11. The van der Waals surface area contributed by atoms with Crippen LogP contribution in [0.3, 0.4) is 0 Å². The average molecular weight is 355 g/mol. The van der Waals surface area contributed by atoms with Crippen LogP contribution < -0.4 is 9.47 Å². The number of Topliss-reactive ketones (excluding diaryl/α,β-unsaturated/α-hetero) is 1. The monoisotopic (exact) mass is 354 g/mol. The van der Waals surface area contributed by atoms with Crippen molar-refractivity contribution in [3.05, 3.63) is 44.1 Å². The third-order valence-corrected chi connectivity index (χ3v) is 4.55. The van der Waals surface area contributed by atoms with Crippen molar-refractivity contribution < 1.29 is 14.3 Å². The molecule has 2 rings (SSSR count). The van der Waals surface area contributed by atoms with Crippen LogP contribution in [0, 0.1) is 6.92 Å². The van der Waals surface area contributed by atoms with E-state index in [9.17, 15) is 4.79 Å². The van der Waals surface area contributed by atoms with Gasteiger partial charge in [-0.3, -0.25) is 4.79 Å². The van der Waals surface area contributed by atoms with Gasteiger partial charge in [-0.15, -0.1) is 11.3 Å². The number of carbonyl (C=O) groups excluding carboxylic acids is 1. The molecule has 5 heteroatoms. The van der Waals surface area contributed by atoms with Crippen LogP contribution in [0.5, 0.6) is 11.5 Å². The summed E-state index contributed by atoms with van der Waals surface area (Å²) in [5, 5.41) is 0. The quantitative estimate of drug-likeness (QED) is 0.752. The van der Waals surface area contributed by atoms with E-state index in [2.05, 4.69) is 15.9 Å². The van der Waals surface area contributed by atoms with Crippen LogP contribution in [0.4, 0.5) is 0 Å². The molecule has 0 N–H and O–H groups in total. The SMILES string of the molecule is COc1ccc(CC(=O)c2cc(Br)sc2C)cc1OC. The fourth-order valence-corrected chi connectivity index (χ4v) is 3.70. The maximum atomic E-state index is 12.3. The van der Waals surface area contributed by atoms with Crippen LogP contribution in [0.25, 0.3) is 0 Å². The van der Waals surface area contributed by atoms with E-state index in [-0.39, 0.29) is 5.78 Å². The summed E-state index contributed by atoms with van der Waals surface area (Å²) in [4.78, 5) is 13.3. The molecule has 0 unspecified atom stereocenters. The number of ether oxygens (including phenoxy) is 2. The fraction of sp³-hybridized carbons (Fsp3) is 0.267. The Morgan fingerprint density at radius 1 is 1.20 bits per heavy atom. The van der Waals surface area contributed by atoms with Gasteiger partial charge >= 0.3 is 0 Å². The van der Waals surface area contributed by atoms with Crippen molar-refractivity contribution in [2.24, 2.45) is 0 Å². The van der Waals surface area contributed by atoms with Gasteiger partial charge in [0.1, 0.15) is 0 Å². The summed E-state index contributed by atoms with van der Waals surface area (Å²) in [7, 11) is 3.18. The molecule has 0 spiro atoms. The molecule has 0 aliphatic heterocycles. The molecule has 0 saturated carbocycles. The Hall–Kier alpha value is -1.33. The normalized spacial score (nSPS) is 10.4. The summed E-state index contributed by atoms with van der Waals surface area (Å²) >= 11 is 4.98. The molecular formula is C15H15BrO3S. The van der Waals surface area contributed by atoms with Gasteiger partial charge in [0, 0.05) is 16.9 Å². The maximum Gasteiger partial charge on any atom is 0.168 e. The van der Waals surface area contributed by atoms with E-state index in [1.807, 2.05) is 31.2 Å². The molecule has 1 aromatic carbocycles. The second kappa shape index (κ2) is 6.41. The number of thiophene rings is 1. The van der Waals surface area contributed by atoms with E-state index in [0.29, 0.717) is 17.9 Å². The summed E-state index contributed by atoms with van der Waals surface area (Å²) in [5.74, 6) is 1.41. The lowest BCUT2D eigenvalue weighted by atomic mass is 10.0. The highest BCUT2D eigenvalue weighted by atomic mass is 79.9. The zero-order valence-electron chi connectivity index (χ0n) is 11.5. The Labute approximate surface area is 130 Å². The van der Waals surface area contributed by atoms with Gasteiger partial charge in [0.05, 0.1) is 18.0 Å². The van der Waals surface area contributed by atoms with Gasteiger partial charge in [-0.05, 0) is 46.6 Å². The van der Waals surface area contributed by atoms with Crippen LogP contribution in [0.1, 0.15) is 20.8 Å². The molecule has 106 valence electrons. The van der Waals surface area contributed by atoms with E-state index in [1.54, 1.807) is 25.6 Å². The van der Waals surface area contributed by atoms with Gasteiger partial charge in [-0.1, -0.05) is 6.07 Å². The van der Waals surface area contributed by atoms with Gasteiger partial charge in [-0.25, -0.2) is 0 Å². The molecule has 20 heavy (non-hydrogen) atoms. The van der Waals surface area contributed by atoms with Crippen molar-refractivity contribution in [3.63, 3.8) is 0 Å². The predicted octanol–water partition coefficient (Wildman–Crippen LogP) is 4.26. The van der Waals surface area contributed by atoms with Crippen LogP contribution >= 0.6 is 27.3 Å². The van der Waals surface area contributed by atoms with Crippen molar-refractivity contribution >= 4 is 33.0 Å². The number of hydrogen-bond acceptors (Lipinski definition) is 4. The molecule has 0 bridgehead atoms. The summed E-state index contributed by atoms with van der Waals surface area (Å²) in [6, 6.07) is 7.42. The van der Waals surface area contributed by atoms with Gasteiger partial charge in [0.15, 0.2) is 17.3 Å². The highest BCUT2D eigenvalue weighted by Gasteiger charge is 2.14. The van der Waals surface area contributed by atoms with E-state index >= 15 is 0 Å². The number of rotatable bonds is 5. The first-order valence-electron chi connectivity index (χ1n) is 6.05. The lowest BCUT2D eigenvalue weighted by Gasteiger charge is -2.09. The lowest BCUT2D eigenvalue weighted by molar-refractivity contribution is 0.0993. The van der Waals surface area contributed by atoms with E-state index < -0.39 is 0 Å². The summed E-state index contributed by atoms with van der Waals surface area (Å²) in [6.45, 7) is 1.96. The zero-order valence-corrected chi connectivity index (χ0v) is 13.9. The Bertz CT molecular complexity index is 634. The molecule has 0 amide bonds. The number of aryl methyl sites for hydroxylation is 1. The molecule has 0 aliphatic rings. The molecule has 0 aliphatic carbocycles. The molecule has 0 radical (unpaired) electrons. The maximum absolute atomic E-state index is 12.3. The summed E-state index contributed by atoms with van der Waals surface area (Å²) in [5.41, 5.74) is 1.69. The molecule has 3 nitrogen and oxygen atoms in total. The van der Waals surface area contributed by atoms with Crippen LogP contribution in [-0.4, -0.2) is 20.0 Å². The van der Waals surface area contributed by atoms with Crippen molar-refractivity contribution in [2.75, 3.05) is 14.2 Å². The van der Waals surface area contributed by atoms with Crippen molar-refractivity contribution in [1.29, 1.82) is 0 Å². The first-order chi connectivity index (χ1) is 9.55. The molecule has 1 aromatic heterocycles. The molecule has 0 saturated heterocycles. The second-order valence-electron chi connectivity index (χ2n) is 4.31. The minimum absolute atomic E-state index is 0.108. The zero-order chi connectivity index (χ0) is 14.7. The average Bonchev–Trinajstić information content (AvgIpc) is 2.77. The smallest absolute Gasteiger partial charge is 0.168 e. The Morgan fingerprint density at radius 2 is 1.90 bits per heavy atom. The van der Waals surface area contributed by atoms with Gasteiger partial charge in [-0.2, -0.15) is 0 Å². The topological polar surface area (TPSA) is 35.5 Å². The van der Waals surface area contributed by atoms with Gasteiger partial charge in [0.2, 0.25) is 0 Å². The number of hydrogen-bond donors (Lipinski definition) is 0. The summed E-state index contributed by atoms with van der Waals surface area (Å²) < 4.78 is 11.4. The van der Waals surface area contributed by atoms with Crippen LogP contribution in [0.2, 0.25) is 0 Å². The third-order valence-electron chi connectivity index (χ3n) is 3.00. The summed E-state index contributed by atoms with van der Waals surface area (Å²) in [6.07, 6.45) is 0.352. The number of ketones is 1. The molecule has 0 fully saturated rings. The largest absolute Gasteiger partial charge is 0.493 e. The number of carbonyl (C=O) groups is 1. The Kier molecular flexibility index (Phi) is 4.83. The van der Waals surface area contributed by atoms with Gasteiger partial charge < -0.3 is 9.47 Å².